The van der Waals surface area contributed by atoms with Crippen LogP contribution < -0.4 is 0 Å². The molecular formula is C19H29N3O2. The Labute approximate surface area is 153 Å². The maximum absolute atomic E-state index is 12.4. The molecule has 0 bridgehead atoms. The largest absolute Gasteiger partial charge is 0.445 e. The molecule has 0 radical (unpaired) electrons. The zero-order valence-electron chi connectivity index (χ0n) is 19.9. The van der Waals surface area contributed by atoms with Gasteiger partial charge in [0.05, 0.1) is 0 Å². The standard InChI is InChI=1S/C19H29N3O2/c1-16(2)20-10-12-21(13-11-20)18-8-9-22(14-18)19(23)24-15-17-6-4-3-5-7-17/h3-7,16,18H,8-15H2,1-2H3/t18-/m0/s1/i1D3,2D3. The summed E-state index contributed by atoms with van der Waals surface area (Å²) >= 11 is 0. The number of piperazine rings is 1. The lowest BCUT2D eigenvalue weighted by Gasteiger charge is -2.39. The molecule has 24 heavy (non-hydrogen) atoms. The number of ether oxygens (including phenoxy) is 1. The smallest absolute Gasteiger partial charge is 0.410 e. The monoisotopic (exact) mass is 337 g/mol. The molecule has 0 N–H and O–H groups in total. The molecule has 1 aromatic rings. The fourth-order valence-electron chi connectivity index (χ4n) is 3.38. The Morgan fingerprint density at radius 1 is 1.21 bits per heavy atom. The SMILES string of the molecule is [2H]C([2H])([2H])C(N1CCN([C@H]2CCN(C(=O)OCc3ccccc3)C2)CC1)C([2H])([2H])[2H]. The molecule has 0 spiro atoms. The first-order valence-electron chi connectivity index (χ1n) is 11.5. The fourth-order valence-corrected chi connectivity index (χ4v) is 3.38. The Morgan fingerprint density at radius 3 is 2.67 bits per heavy atom. The lowest BCUT2D eigenvalue weighted by Crippen LogP contribution is -2.52. The summed E-state index contributed by atoms with van der Waals surface area (Å²) in [6, 6.07) is 8.26. The molecule has 1 amide bonds. The van der Waals surface area contributed by atoms with Crippen molar-refractivity contribution in [3.63, 3.8) is 0 Å². The average molecular weight is 337 g/mol. The maximum Gasteiger partial charge on any atom is 0.410 e. The normalized spacial score (nSPS) is 27.7. The Balaban J connectivity index is 1.48. The van der Waals surface area contributed by atoms with Crippen LogP contribution in [0.15, 0.2) is 30.3 Å². The van der Waals surface area contributed by atoms with E-state index in [0.717, 1.165) is 12.0 Å². The summed E-state index contributed by atoms with van der Waals surface area (Å²) in [5.74, 6) is 0. The van der Waals surface area contributed by atoms with Crippen molar-refractivity contribution in [1.82, 2.24) is 14.7 Å². The number of hydrogen-bond acceptors (Lipinski definition) is 4. The van der Waals surface area contributed by atoms with Crippen molar-refractivity contribution in [2.24, 2.45) is 0 Å². The van der Waals surface area contributed by atoms with Gasteiger partial charge in [0.15, 0.2) is 0 Å². The van der Waals surface area contributed by atoms with Crippen LogP contribution in [0, 0.1) is 0 Å². The number of amides is 1. The third-order valence-corrected chi connectivity index (χ3v) is 4.86. The minimum Gasteiger partial charge on any atom is -0.445 e. The number of rotatable bonds is 4. The summed E-state index contributed by atoms with van der Waals surface area (Å²) in [5.41, 5.74) is 0.941. The zero-order chi connectivity index (χ0) is 21.9. The van der Waals surface area contributed by atoms with Crippen molar-refractivity contribution < 1.29 is 17.8 Å². The molecule has 5 heteroatoms. The third kappa shape index (κ3) is 4.28. The van der Waals surface area contributed by atoms with Crippen LogP contribution in [0.3, 0.4) is 0 Å². The summed E-state index contributed by atoms with van der Waals surface area (Å²) in [6.07, 6.45) is 0.493. The third-order valence-electron chi connectivity index (χ3n) is 4.86. The first-order valence-corrected chi connectivity index (χ1v) is 8.49. The van der Waals surface area contributed by atoms with Gasteiger partial charge in [-0.1, -0.05) is 30.3 Å². The molecular weight excluding hydrogens is 302 g/mol. The second-order valence-corrected chi connectivity index (χ2v) is 6.40. The van der Waals surface area contributed by atoms with Gasteiger partial charge in [0, 0.05) is 59.6 Å². The van der Waals surface area contributed by atoms with Gasteiger partial charge in [-0.05, 0) is 25.7 Å². The van der Waals surface area contributed by atoms with Gasteiger partial charge in [-0.15, -0.1) is 0 Å². The lowest BCUT2D eigenvalue weighted by atomic mass is 10.1. The number of carbonyl (C=O) groups excluding carboxylic acids is 1. The molecule has 2 fully saturated rings. The summed E-state index contributed by atoms with van der Waals surface area (Å²) in [4.78, 5) is 17.8. The van der Waals surface area contributed by atoms with Gasteiger partial charge in [0.2, 0.25) is 0 Å². The van der Waals surface area contributed by atoms with E-state index in [1.54, 1.807) is 9.80 Å². The molecule has 1 aromatic carbocycles. The van der Waals surface area contributed by atoms with E-state index < -0.39 is 19.7 Å². The molecule has 0 unspecified atom stereocenters. The summed E-state index contributed by atoms with van der Waals surface area (Å²) < 4.78 is 51.2. The molecule has 0 aliphatic carbocycles. The van der Waals surface area contributed by atoms with E-state index in [4.69, 9.17) is 13.0 Å². The van der Waals surface area contributed by atoms with E-state index in [2.05, 4.69) is 4.90 Å². The van der Waals surface area contributed by atoms with Crippen LogP contribution in [0.4, 0.5) is 4.79 Å². The van der Waals surface area contributed by atoms with Crippen LogP contribution in [-0.2, 0) is 11.3 Å². The van der Waals surface area contributed by atoms with Crippen molar-refractivity contribution in [3.8, 4) is 0 Å². The van der Waals surface area contributed by atoms with Gasteiger partial charge in [-0.3, -0.25) is 9.80 Å². The first-order chi connectivity index (χ1) is 14.1. The Kier molecular flexibility index (Phi) is 3.70. The molecule has 2 aliphatic heterocycles. The van der Waals surface area contributed by atoms with Gasteiger partial charge in [0.25, 0.3) is 0 Å². The van der Waals surface area contributed by atoms with Crippen LogP contribution in [-0.4, -0.2) is 72.1 Å². The highest BCUT2D eigenvalue weighted by Crippen LogP contribution is 2.19. The van der Waals surface area contributed by atoms with E-state index in [-0.39, 0.29) is 18.7 Å². The maximum atomic E-state index is 12.4. The topological polar surface area (TPSA) is 36.0 Å². The molecule has 2 aliphatic rings. The Hall–Kier alpha value is -1.59. The predicted octanol–water partition coefficient (Wildman–Crippen LogP) is 2.42. The predicted molar refractivity (Wildman–Crippen MR) is 94.9 cm³/mol. The van der Waals surface area contributed by atoms with Crippen LogP contribution in [0.2, 0.25) is 0 Å². The molecule has 3 rings (SSSR count). The quantitative estimate of drug-likeness (QED) is 0.845. The second kappa shape index (κ2) is 7.99. The number of benzene rings is 1. The first kappa shape index (κ1) is 11.1. The highest BCUT2D eigenvalue weighted by Gasteiger charge is 2.33. The van der Waals surface area contributed by atoms with Crippen molar-refractivity contribution in [1.29, 1.82) is 0 Å². The van der Waals surface area contributed by atoms with Gasteiger partial charge >= 0.3 is 6.09 Å². The van der Waals surface area contributed by atoms with Crippen molar-refractivity contribution in [2.45, 2.75) is 38.8 Å². The van der Waals surface area contributed by atoms with Crippen LogP contribution in [0.1, 0.15) is 33.9 Å². The van der Waals surface area contributed by atoms with Crippen LogP contribution >= 0.6 is 0 Å². The summed E-state index contributed by atoms with van der Waals surface area (Å²) in [5, 5.41) is 0. The van der Waals surface area contributed by atoms with Gasteiger partial charge in [-0.2, -0.15) is 0 Å². The van der Waals surface area contributed by atoms with Crippen molar-refractivity contribution >= 4 is 6.09 Å². The molecule has 132 valence electrons. The molecule has 2 saturated heterocycles. The summed E-state index contributed by atoms with van der Waals surface area (Å²) in [7, 11) is 0. The van der Waals surface area contributed by atoms with Crippen LogP contribution in [0.5, 0.6) is 0 Å². The van der Waals surface area contributed by atoms with Crippen molar-refractivity contribution in [2.75, 3.05) is 39.3 Å². The molecule has 2 heterocycles. The Bertz CT molecular complexity index is 690. The number of hydrogen-bond donors (Lipinski definition) is 0. The molecule has 5 nitrogen and oxygen atoms in total. The number of carbonyl (C=O) groups is 1. The van der Waals surface area contributed by atoms with E-state index >= 15 is 0 Å². The van der Waals surface area contributed by atoms with Gasteiger partial charge in [0.1, 0.15) is 6.61 Å². The minimum absolute atomic E-state index is 0.176. The highest BCUT2D eigenvalue weighted by molar-refractivity contribution is 5.68. The Morgan fingerprint density at radius 2 is 1.96 bits per heavy atom. The molecule has 0 aromatic heterocycles. The van der Waals surface area contributed by atoms with Gasteiger partial charge in [-0.25, -0.2) is 4.79 Å². The summed E-state index contributed by atoms with van der Waals surface area (Å²) in [6.45, 7) is -1.75. The fraction of sp³-hybridized carbons (Fsp3) is 0.632. The van der Waals surface area contributed by atoms with Crippen molar-refractivity contribution in [3.05, 3.63) is 35.9 Å². The van der Waals surface area contributed by atoms with E-state index in [1.807, 2.05) is 30.3 Å². The zero-order valence-corrected chi connectivity index (χ0v) is 13.9. The number of nitrogens with zero attached hydrogens (tertiary/aromatic N) is 3. The highest BCUT2D eigenvalue weighted by atomic mass is 16.6. The van der Waals surface area contributed by atoms with Gasteiger partial charge < -0.3 is 9.64 Å². The second-order valence-electron chi connectivity index (χ2n) is 6.40. The van der Waals surface area contributed by atoms with Crippen LogP contribution in [0.25, 0.3) is 0 Å². The van der Waals surface area contributed by atoms with E-state index in [1.165, 1.54) is 0 Å². The molecule has 0 saturated carbocycles. The minimum atomic E-state index is -2.56. The van der Waals surface area contributed by atoms with E-state index in [0.29, 0.717) is 39.3 Å². The molecule has 1 atom stereocenters. The number of likely N-dealkylation sites (tertiary alicyclic amines) is 1. The average Bonchev–Trinajstić information content (AvgIpc) is 3.15. The lowest BCUT2D eigenvalue weighted by molar-refractivity contribution is 0.0747. The van der Waals surface area contributed by atoms with E-state index in [9.17, 15) is 4.79 Å².